The maximum atomic E-state index is 5.89. The summed E-state index contributed by atoms with van der Waals surface area (Å²) in [4.78, 5) is 0. The number of aromatic nitrogens is 2. The summed E-state index contributed by atoms with van der Waals surface area (Å²) in [6.45, 7) is 5.90. The number of nitrogens with zero attached hydrogens (tertiary/aromatic N) is 2. The molecule has 1 aliphatic rings. The zero-order valence-corrected chi connectivity index (χ0v) is 18.2. The largest absolute Gasteiger partial charge is 0.494 e. The minimum Gasteiger partial charge on any atom is -0.494 e. The predicted molar refractivity (Wildman–Crippen MR) is 126 cm³/mol. The monoisotopic (exact) mass is 403 g/mol. The molecule has 4 rings (SSSR count). The van der Waals surface area contributed by atoms with E-state index in [0.29, 0.717) is 6.54 Å². The van der Waals surface area contributed by atoms with Crippen LogP contribution in [0.1, 0.15) is 62.4 Å². The van der Waals surface area contributed by atoms with Crippen molar-refractivity contribution in [2.75, 3.05) is 13.2 Å². The molecular weight excluding hydrogens is 370 g/mol. The first-order valence-corrected chi connectivity index (χ1v) is 11.2. The fourth-order valence-corrected chi connectivity index (χ4v) is 4.42. The Morgan fingerprint density at radius 1 is 1.10 bits per heavy atom. The van der Waals surface area contributed by atoms with Crippen LogP contribution in [0.3, 0.4) is 0 Å². The quantitative estimate of drug-likeness (QED) is 0.430. The summed E-state index contributed by atoms with van der Waals surface area (Å²) in [5.41, 5.74) is 12.3. The van der Waals surface area contributed by atoms with Crippen LogP contribution < -0.4 is 10.5 Å². The lowest BCUT2D eigenvalue weighted by Gasteiger charge is -2.10. The normalized spacial score (nSPS) is 15.8. The third-order valence-electron chi connectivity index (χ3n) is 5.89. The van der Waals surface area contributed by atoms with Gasteiger partial charge in [0.2, 0.25) is 0 Å². The number of hydrogen-bond donors (Lipinski definition) is 1. The van der Waals surface area contributed by atoms with E-state index in [0.717, 1.165) is 25.2 Å². The molecule has 2 aromatic heterocycles. The number of unbranched alkanes of at least 4 members (excludes halogenated alkanes) is 3. The molecule has 1 aliphatic heterocycles. The molecule has 0 amide bonds. The summed E-state index contributed by atoms with van der Waals surface area (Å²) in [5.74, 6) is 0.952. The van der Waals surface area contributed by atoms with Gasteiger partial charge >= 0.3 is 0 Å². The maximum absolute atomic E-state index is 5.89. The Hall–Kier alpha value is -2.72. The fourth-order valence-electron chi connectivity index (χ4n) is 4.42. The van der Waals surface area contributed by atoms with Crippen LogP contribution in [0.15, 0.2) is 54.7 Å². The Labute approximate surface area is 179 Å². The van der Waals surface area contributed by atoms with Gasteiger partial charge in [0.15, 0.2) is 0 Å². The average Bonchev–Trinajstić information content (AvgIpc) is 3.42. The second-order valence-electron chi connectivity index (χ2n) is 8.13. The summed E-state index contributed by atoms with van der Waals surface area (Å²) in [5, 5.41) is 0. The van der Waals surface area contributed by atoms with Crippen molar-refractivity contribution in [3.05, 3.63) is 71.6 Å². The Morgan fingerprint density at radius 2 is 1.93 bits per heavy atom. The third kappa shape index (κ3) is 4.10. The summed E-state index contributed by atoms with van der Waals surface area (Å²) in [6.07, 6.45) is 14.8. The van der Waals surface area contributed by atoms with Crippen molar-refractivity contribution in [1.82, 2.24) is 9.20 Å². The van der Waals surface area contributed by atoms with Crippen molar-refractivity contribution in [1.29, 1.82) is 0 Å². The molecule has 3 aromatic rings. The van der Waals surface area contributed by atoms with E-state index in [1.807, 2.05) is 0 Å². The fraction of sp³-hybridized carbons (Fsp3) is 0.385. The molecule has 0 saturated carbocycles. The maximum Gasteiger partial charge on any atom is 0.119 e. The van der Waals surface area contributed by atoms with Crippen molar-refractivity contribution in [2.24, 2.45) is 5.73 Å². The summed E-state index contributed by atoms with van der Waals surface area (Å²) in [6, 6.07) is 12.9. The molecule has 0 fully saturated rings. The van der Waals surface area contributed by atoms with Gasteiger partial charge in [0, 0.05) is 11.8 Å². The average molecular weight is 404 g/mol. The first-order valence-electron chi connectivity index (χ1n) is 11.2. The number of nitrogens with two attached hydrogens (primary N) is 1. The van der Waals surface area contributed by atoms with E-state index in [9.17, 15) is 0 Å². The highest BCUT2D eigenvalue weighted by Crippen LogP contribution is 2.36. The molecule has 0 aliphatic carbocycles. The van der Waals surface area contributed by atoms with Crippen LogP contribution in [0.25, 0.3) is 17.2 Å². The van der Waals surface area contributed by atoms with Crippen molar-refractivity contribution in [3.8, 4) is 5.75 Å². The van der Waals surface area contributed by atoms with Crippen LogP contribution in [0.4, 0.5) is 0 Å². The van der Waals surface area contributed by atoms with Gasteiger partial charge in [-0.3, -0.25) is 9.20 Å². The van der Waals surface area contributed by atoms with Crippen LogP contribution in [-0.4, -0.2) is 22.3 Å². The van der Waals surface area contributed by atoms with E-state index in [-0.39, 0.29) is 6.04 Å². The van der Waals surface area contributed by atoms with Gasteiger partial charge in [-0.1, -0.05) is 56.5 Å². The highest BCUT2D eigenvalue weighted by molar-refractivity contribution is 5.76. The van der Waals surface area contributed by atoms with E-state index in [1.54, 1.807) is 0 Å². The van der Waals surface area contributed by atoms with Gasteiger partial charge in [0.25, 0.3) is 0 Å². The topological polar surface area (TPSA) is 44.6 Å². The molecule has 1 atom stereocenters. The van der Waals surface area contributed by atoms with Gasteiger partial charge in [0.05, 0.1) is 23.9 Å². The van der Waals surface area contributed by atoms with Crippen LogP contribution in [0.5, 0.6) is 5.75 Å². The highest BCUT2D eigenvalue weighted by Gasteiger charge is 2.26. The number of ether oxygens (including phenoxy) is 1. The SMILES string of the molecule is CCCCCCOc1ccc(/C=C/C2C=C(C)c3c(CCN)c4cccn4n32)cc1. The van der Waals surface area contributed by atoms with E-state index in [2.05, 4.69) is 83.9 Å². The number of hydrogen-bond acceptors (Lipinski definition) is 2. The summed E-state index contributed by atoms with van der Waals surface area (Å²) in [7, 11) is 0. The lowest BCUT2D eigenvalue weighted by Crippen LogP contribution is -2.08. The van der Waals surface area contributed by atoms with Gasteiger partial charge in [0.1, 0.15) is 5.75 Å². The number of benzene rings is 1. The molecule has 30 heavy (non-hydrogen) atoms. The van der Waals surface area contributed by atoms with E-state index >= 15 is 0 Å². The lowest BCUT2D eigenvalue weighted by atomic mass is 10.1. The number of fused-ring (bicyclic) bond motifs is 3. The molecule has 1 unspecified atom stereocenters. The molecule has 0 spiro atoms. The number of rotatable bonds is 10. The van der Waals surface area contributed by atoms with Gasteiger partial charge in [-0.2, -0.15) is 0 Å². The zero-order chi connectivity index (χ0) is 20.9. The van der Waals surface area contributed by atoms with Crippen LogP contribution in [0, 0.1) is 0 Å². The third-order valence-corrected chi connectivity index (χ3v) is 5.89. The Balaban J connectivity index is 1.46. The second-order valence-corrected chi connectivity index (χ2v) is 8.13. The van der Waals surface area contributed by atoms with Crippen LogP contribution in [-0.2, 0) is 6.42 Å². The Morgan fingerprint density at radius 3 is 2.70 bits per heavy atom. The minimum atomic E-state index is 0.205. The molecule has 1 aromatic carbocycles. The molecule has 0 radical (unpaired) electrons. The standard InChI is InChI=1S/C26H33N3O/c1-3-4-5-6-18-30-23-13-10-21(11-14-23)9-12-22-19-20(2)26-24(15-16-27)25-8-7-17-28(25)29(22)26/h7-14,17,19,22H,3-6,15-16,18,27H2,1-2H3/b12-9+. The van der Waals surface area contributed by atoms with Crippen molar-refractivity contribution in [2.45, 2.75) is 52.0 Å². The van der Waals surface area contributed by atoms with Gasteiger partial charge in [-0.05, 0) is 61.7 Å². The van der Waals surface area contributed by atoms with Crippen LogP contribution in [0.2, 0.25) is 0 Å². The minimum absolute atomic E-state index is 0.205. The van der Waals surface area contributed by atoms with Crippen molar-refractivity contribution < 1.29 is 4.74 Å². The smallest absolute Gasteiger partial charge is 0.119 e. The molecule has 0 bridgehead atoms. The number of allylic oxidation sites excluding steroid dienone is 3. The summed E-state index contributed by atoms with van der Waals surface area (Å²) < 4.78 is 10.5. The van der Waals surface area contributed by atoms with Crippen molar-refractivity contribution >= 4 is 17.2 Å². The van der Waals surface area contributed by atoms with E-state index in [4.69, 9.17) is 10.5 Å². The van der Waals surface area contributed by atoms with Gasteiger partial charge in [-0.25, -0.2) is 0 Å². The van der Waals surface area contributed by atoms with Crippen molar-refractivity contribution in [3.63, 3.8) is 0 Å². The van der Waals surface area contributed by atoms with E-state index < -0.39 is 0 Å². The molecule has 4 heteroatoms. The molecule has 158 valence electrons. The molecule has 2 N–H and O–H groups in total. The molecule has 4 nitrogen and oxygen atoms in total. The highest BCUT2D eigenvalue weighted by atomic mass is 16.5. The van der Waals surface area contributed by atoms with Gasteiger partial charge < -0.3 is 10.5 Å². The molecule has 0 saturated heterocycles. The first-order chi connectivity index (χ1) is 14.7. The van der Waals surface area contributed by atoms with Gasteiger partial charge in [-0.15, -0.1) is 0 Å². The zero-order valence-electron chi connectivity index (χ0n) is 18.2. The van der Waals surface area contributed by atoms with Crippen LogP contribution >= 0.6 is 0 Å². The Bertz CT molecular complexity index is 1040. The first kappa shape index (κ1) is 20.5. The Kier molecular flexibility index (Phi) is 6.44. The molecular formula is C26H33N3O. The predicted octanol–water partition coefficient (Wildman–Crippen LogP) is 5.87. The lowest BCUT2D eigenvalue weighted by molar-refractivity contribution is 0.305. The summed E-state index contributed by atoms with van der Waals surface area (Å²) >= 11 is 0. The molecule has 3 heterocycles. The van der Waals surface area contributed by atoms with E-state index in [1.165, 1.54) is 47.2 Å². The second kappa shape index (κ2) is 9.40.